The van der Waals surface area contributed by atoms with E-state index in [1.165, 1.54) is 96.4 Å². The molecule has 1 aliphatic heterocycles. The molecule has 1 fully saturated rings. The molecule has 1 saturated heterocycles. The molecule has 1 heterocycles. The fourth-order valence-electron chi connectivity index (χ4n) is 5.09. The van der Waals surface area contributed by atoms with Crippen molar-refractivity contribution >= 4 is 7.82 Å². The van der Waals surface area contributed by atoms with Gasteiger partial charge in [-0.05, 0) is 45.2 Å². The Morgan fingerprint density at radius 1 is 0.686 bits per heavy atom. The number of unbranched alkanes of at least 4 members (excludes halogenated alkanes) is 10. The maximum absolute atomic E-state index is 12.1. The first-order valence-electron chi connectivity index (χ1n) is 15.1. The van der Waals surface area contributed by atoms with Crippen molar-refractivity contribution in [3.8, 4) is 0 Å². The first kappa shape index (κ1) is 33.1. The zero-order valence-corrected chi connectivity index (χ0v) is 24.5. The topological polar surface area (TPSA) is 62.2 Å². The average molecular weight is 519 g/mol. The largest absolute Gasteiger partial charge is 0.472 e. The van der Waals surface area contributed by atoms with Crippen LogP contribution in [0.4, 0.5) is 0 Å². The molecule has 1 unspecified atom stereocenters. The van der Waals surface area contributed by atoms with Crippen molar-refractivity contribution in [2.45, 2.75) is 136 Å². The van der Waals surface area contributed by atoms with Crippen LogP contribution in [0.25, 0.3) is 0 Å². The van der Waals surface area contributed by atoms with Gasteiger partial charge in [-0.1, -0.05) is 97.8 Å². The molecule has 0 aromatic rings. The highest BCUT2D eigenvalue weighted by Gasteiger charge is 2.23. The lowest BCUT2D eigenvalue weighted by atomic mass is 10.00. The molecule has 6 nitrogen and oxygen atoms in total. The van der Waals surface area contributed by atoms with Gasteiger partial charge in [0.1, 0.15) is 0 Å². The van der Waals surface area contributed by atoms with E-state index in [1.54, 1.807) is 0 Å². The van der Waals surface area contributed by atoms with E-state index in [9.17, 15) is 9.46 Å². The van der Waals surface area contributed by atoms with Crippen LogP contribution in [0.3, 0.4) is 0 Å². The van der Waals surface area contributed by atoms with Crippen LogP contribution in [0.5, 0.6) is 0 Å². The summed E-state index contributed by atoms with van der Waals surface area (Å²) >= 11 is 0. The maximum Gasteiger partial charge on any atom is 0.472 e. The second kappa shape index (κ2) is 22.1. The molecule has 1 aliphatic rings. The van der Waals surface area contributed by atoms with Gasteiger partial charge in [0.2, 0.25) is 0 Å². The number of rotatable bonds is 23. The Morgan fingerprint density at radius 3 is 1.86 bits per heavy atom. The van der Waals surface area contributed by atoms with Gasteiger partial charge in [-0.3, -0.25) is 13.9 Å². The third kappa shape index (κ3) is 18.0. The van der Waals surface area contributed by atoms with Crippen LogP contribution in [0, 0.1) is 0 Å². The van der Waals surface area contributed by atoms with Crippen molar-refractivity contribution in [1.29, 1.82) is 0 Å². The van der Waals surface area contributed by atoms with Crippen LogP contribution in [-0.4, -0.2) is 66.7 Å². The Labute approximate surface area is 218 Å². The second-order valence-electron chi connectivity index (χ2n) is 10.5. The second-order valence-corrected chi connectivity index (χ2v) is 11.9. The molecule has 7 heteroatoms. The summed E-state index contributed by atoms with van der Waals surface area (Å²) in [5, 5.41) is 0. The molecule has 0 bridgehead atoms. The zero-order chi connectivity index (χ0) is 25.6. The lowest BCUT2D eigenvalue weighted by molar-refractivity contribution is 0.138. The predicted octanol–water partition coefficient (Wildman–Crippen LogP) is 7.80. The van der Waals surface area contributed by atoms with Crippen LogP contribution >= 0.6 is 7.82 Å². The summed E-state index contributed by atoms with van der Waals surface area (Å²) in [4.78, 5) is 15.2. The molecule has 0 aromatic heterocycles. The van der Waals surface area contributed by atoms with Crippen LogP contribution < -0.4 is 0 Å². The van der Waals surface area contributed by atoms with E-state index in [2.05, 4.69) is 30.6 Å². The summed E-state index contributed by atoms with van der Waals surface area (Å²) in [7, 11) is -3.91. The quantitative estimate of drug-likeness (QED) is 0.110. The van der Waals surface area contributed by atoms with E-state index in [-0.39, 0.29) is 6.61 Å². The van der Waals surface area contributed by atoms with Crippen molar-refractivity contribution in [2.75, 3.05) is 45.9 Å². The first-order valence-corrected chi connectivity index (χ1v) is 16.6. The van der Waals surface area contributed by atoms with Crippen molar-refractivity contribution in [1.82, 2.24) is 9.80 Å². The highest BCUT2D eigenvalue weighted by Crippen LogP contribution is 2.43. The van der Waals surface area contributed by atoms with Crippen LogP contribution in [0.2, 0.25) is 0 Å². The summed E-state index contributed by atoms with van der Waals surface area (Å²) in [5.41, 5.74) is 0. The SMILES string of the molecule is CCCCCCCCCOP(=O)(O)OCCCN1CCCN(C(CCCCC)CCCCC)CC1. The van der Waals surface area contributed by atoms with Crippen LogP contribution in [0.15, 0.2) is 0 Å². The molecule has 0 aromatic carbocycles. The fourth-order valence-corrected chi connectivity index (χ4v) is 5.89. The Kier molecular flexibility index (Phi) is 20.8. The first-order chi connectivity index (χ1) is 17.0. The van der Waals surface area contributed by atoms with Gasteiger partial charge < -0.3 is 9.79 Å². The molecule has 0 radical (unpaired) electrons. The Bertz CT molecular complexity index is 513. The molecule has 1 N–H and O–H groups in total. The summed E-state index contributed by atoms with van der Waals surface area (Å²) in [6, 6.07) is 0.741. The molecule has 0 aliphatic carbocycles. The van der Waals surface area contributed by atoms with E-state index >= 15 is 0 Å². The third-order valence-corrected chi connectivity index (χ3v) is 8.31. The van der Waals surface area contributed by atoms with Gasteiger partial charge in [0.05, 0.1) is 13.2 Å². The van der Waals surface area contributed by atoms with E-state index < -0.39 is 7.82 Å². The number of nitrogens with zero attached hydrogens (tertiary/aromatic N) is 2. The molecule has 210 valence electrons. The minimum absolute atomic E-state index is 0.279. The van der Waals surface area contributed by atoms with Gasteiger partial charge in [0.25, 0.3) is 0 Å². The molecule has 1 atom stereocenters. The molecule has 35 heavy (non-hydrogen) atoms. The summed E-state index contributed by atoms with van der Waals surface area (Å²) in [5.74, 6) is 0. The number of hydrogen-bond acceptors (Lipinski definition) is 5. The lowest BCUT2D eigenvalue weighted by Crippen LogP contribution is -2.38. The monoisotopic (exact) mass is 518 g/mol. The molecular weight excluding hydrogens is 459 g/mol. The highest BCUT2D eigenvalue weighted by molar-refractivity contribution is 7.47. The maximum atomic E-state index is 12.1. The van der Waals surface area contributed by atoms with Gasteiger partial charge in [0.15, 0.2) is 0 Å². The fraction of sp³-hybridized carbons (Fsp3) is 1.00. The van der Waals surface area contributed by atoms with Crippen LogP contribution in [0.1, 0.15) is 130 Å². The molecule has 0 spiro atoms. The normalized spacial score (nSPS) is 17.6. The van der Waals surface area contributed by atoms with E-state index in [0.717, 1.165) is 51.5 Å². The Morgan fingerprint density at radius 2 is 1.23 bits per heavy atom. The lowest BCUT2D eigenvalue weighted by Gasteiger charge is -2.31. The van der Waals surface area contributed by atoms with Gasteiger partial charge >= 0.3 is 7.82 Å². The third-order valence-electron chi connectivity index (χ3n) is 7.30. The minimum Gasteiger partial charge on any atom is -0.302 e. The van der Waals surface area contributed by atoms with Gasteiger partial charge in [-0.2, -0.15) is 0 Å². The summed E-state index contributed by atoms with van der Waals surface area (Å²) in [6.45, 7) is 12.8. The predicted molar refractivity (Wildman–Crippen MR) is 149 cm³/mol. The summed E-state index contributed by atoms with van der Waals surface area (Å²) < 4.78 is 22.5. The van der Waals surface area contributed by atoms with Gasteiger partial charge in [-0.15, -0.1) is 0 Å². The van der Waals surface area contributed by atoms with E-state index in [1.807, 2.05) is 0 Å². The van der Waals surface area contributed by atoms with Crippen molar-refractivity contribution in [3.05, 3.63) is 0 Å². The van der Waals surface area contributed by atoms with Gasteiger partial charge in [-0.25, -0.2) is 4.57 Å². The molecule has 0 amide bonds. The van der Waals surface area contributed by atoms with Crippen LogP contribution in [-0.2, 0) is 13.6 Å². The van der Waals surface area contributed by atoms with Gasteiger partial charge in [0, 0.05) is 25.7 Å². The smallest absolute Gasteiger partial charge is 0.302 e. The standard InChI is InChI=1S/C28H59N2O4P/c1-4-7-10-11-12-13-16-26-33-35(31,32)34-27-18-22-29-21-17-23-30(25-24-29)28(19-14-8-5-2)20-15-9-6-3/h28H,4-27H2,1-3H3,(H,31,32). The number of phosphoric ester groups is 1. The van der Waals surface area contributed by atoms with Crippen molar-refractivity contribution in [2.24, 2.45) is 0 Å². The Hall–Kier alpha value is 0.0300. The Balaban J connectivity index is 2.21. The highest BCUT2D eigenvalue weighted by atomic mass is 31.2. The number of phosphoric acid groups is 1. The summed E-state index contributed by atoms with van der Waals surface area (Å²) in [6.07, 6.45) is 20.8. The van der Waals surface area contributed by atoms with Crippen molar-refractivity contribution in [3.63, 3.8) is 0 Å². The van der Waals surface area contributed by atoms with E-state index in [4.69, 9.17) is 9.05 Å². The minimum atomic E-state index is -3.91. The van der Waals surface area contributed by atoms with Crippen molar-refractivity contribution < 1.29 is 18.5 Å². The van der Waals surface area contributed by atoms with E-state index in [0.29, 0.717) is 6.61 Å². The average Bonchev–Trinajstić information content (AvgIpc) is 3.08. The number of hydrogen-bond donors (Lipinski definition) is 1. The molecular formula is C28H59N2O4P. The molecule has 0 saturated carbocycles. The molecule has 1 rings (SSSR count). The zero-order valence-electron chi connectivity index (χ0n) is 23.6.